The lowest BCUT2D eigenvalue weighted by molar-refractivity contribution is 0.487. The summed E-state index contributed by atoms with van der Waals surface area (Å²) >= 11 is 0. The van der Waals surface area contributed by atoms with Crippen LogP contribution in [0.15, 0.2) is 218 Å². The summed E-state index contributed by atoms with van der Waals surface area (Å²) in [5, 5.41) is 7.24. The molecule has 0 spiro atoms. The summed E-state index contributed by atoms with van der Waals surface area (Å²) in [5.74, 6) is 1.72. The molecule has 0 fully saturated rings. The Balaban J connectivity index is 1.01. The highest BCUT2D eigenvalue weighted by Crippen LogP contribution is 2.51. The van der Waals surface area contributed by atoms with Crippen LogP contribution in [-0.4, -0.2) is 9.13 Å². The number of hydrogen-bond acceptors (Lipinski definition) is 1. The first-order valence-corrected chi connectivity index (χ1v) is 20.9. The lowest BCUT2D eigenvalue weighted by Crippen LogP contribution is -2.01. The van der Waals surface area contributed by atoms with E-state index in [4.69, 9.17) is 4.74 Å². The van der Waals surface area contributed by atoms with Crippen molar-refractivity contribution in [2.45, 2.75) is 0 Å². The van der Waals surface area contributed by atoms with Gasteiger partial charge >= 0.3 is 0 Å². The minimum Gasteiger partial charge on any atom is -0.456 e. The summed E-state index contributed by atoms with van der Waals surface area (Å²) in [5.41, 5.74) is 16.3. The molecular formula is C58H36N2O. The van der Waals surface area contributed by atoms with E-state index in [9.17, 15) is 0 Å². The highest BCUT2D eigenvalue weighted by molar-refractivity contribution is 6.25. The van der Waals surface area contributed by atoms with Crippen LogP contribution in [0, 0.1) is 0 Å². The van der Waals surface area contributed by atoms with Crippen LogP contribution >= 0.6 is 0 Å². The molecule has 3 heteroatoms. The number of benzene rings is 10. The van der Waals surface area contributed by atoms with Gasteiger partial charge in [0.1, 0.15) is 11.5 Å². The van der Waals surface area contributed by atoms with Gasteiger partial charge in [-0.15, -0.1) is 0 Å². The van der Waals surface area contributed by atoms with E-state index in [0.29, 0.717) is 0 Å². The third-order valence-electron chi connectivity index (χ3n) is 12.7. The fraction of sp³-hybridized carbons (Fsp3) is 0. The third-order valence-corrected chi connectivity index (χ3v) is 12.7. The molecule has 1 aliphatic rings. The van der Waals surface area contributed by atoms with E-state index >= 15 is 0 Å². The number of rotatable bonds is 5. The largest absolute Gasteiger partial charge is 0.456 e. The van der Waals surface area contributed by atoms with Crippen LogP contribution < -0.4 is 4.74 Å². The molecule has 3 nitrogen and oxygen atoms in total. The van der Waals surface area contributed by atoms with Crippen LogP contribution in [-0.2, 0) is 0 Å². The number of fused-ring (bicyclic) bond motifs is 9. The maximum Gasteiger partial charge on any atom is 0.138 e. The predicted molar refractivity (Wildman–Crippen MR) is 254 cm³/mol. The average molecular weight is 777 g/mol. The second-order valence-corrected chi connectivity index (χ2v) is 16.1. The van der Waals surface area contributed by atoms with Crippen molar-refractivity contribution in [2.24, 2.45) is 0 Å². The maximum atomic E-state index is 7.13. The number of para-hydroxylation sites is 1. The SMILES string of the molecule is c1ccc(-c2cccc(-n3c4ccccc4c4c5cccc6c5c(cc43)Oc3cc(-n4c5ccc(-c7ccccc7)cc5c5cc(-c7ccccc7)ccc54)ccc3-6)c2)cc1. The van der Waals surface area contributed by atoms with Crippen LogP contribution in [0.1, 0.15) is 0 Å². The molecule has 0 unspecified atom stereocenters. The van der Waals surface area contributed by atoms with E-state index in [1.54, 1.807) is 0 Å². The van der Waals surface area contributed by atoms with Crippen molar-refractivity contribution < 1.29 is 4.74 Å². The first-order chi connectivity index (χ1) is 30.2. The van der Waals surface area contributed by atoms with Crippen molar-refractivity contribution in [3.63, 3.8) is 0 Å². The van der Waals surface area contributed by atoms with Gasteiger partial charge in [-0.1, -0.05) is 152 Å². The first kappa shape index (κ1) is 33.8. The predicted octanol–water partition coefficient (Wildman–Crippen LogP) is 15.8. The topological polar surface area (TPSA) is 19.1 Å². The molecule has 0 amide bonds. The van der Waals surface area contributed by atoms with Crippen molar-refractivity contribution in [3.05, 3.63) is 218 Å². The summed E-state index contributed by atoms with van der Waals surface area (Å²) in [6, 6.07) is 79.0. The molecule has 0 saturated carbocycles. The highest BCUT2D eigenvalue weighted by Gasteiger charge is 2.26. The second kappa shape index (κ2) is 13.2. The molecule has 0 atom stereocenters. The Morgan fingerprint density at radius 1 is 0.262 bits per heavy atom. The molecule has 0 radical (unpaired) electrons. The van der Waals surface area contributed by atoms with E-state index in [0.717, 1.165) is 50.4 Å². The normalized spacial score (nSPS) is 12.1. The Morgan fingerprint density at radius 2 is 0.787 bits per heavy atom. The third kappa shape index (κ3) is 5.17. The number of hydrogen-bond donors (Lipinski definition) is 0. The van der Waals surface area contributed by atoms with Gasteiger partial charge in [0.2, 0.25) is 0 Å². The molecule has 0 N–H and O–H groups in total. The quantitative estimate of drug-likeness (QED) is 0.170. The molecule has 10 aromatic carbocycles. The van der Waals surface area contributed by atoms with Gasteiger partial charge in [0.15, 0.2) is 0 Å². The Morgan fingerprint density at radius 3 is 1.46 bits per heavy atom. The molecule has 61 heavy (non-hydrogen) atoms. The highest BCUT2D eigenvalue weighted by atomic mass is 16.5. The van der Waals surface area contributed by atoms with Crippen molar-refractivity contribution in [2.75, 3.05) is 0 Å². The minimum atomic E-state index is 0.849. The van der Waals surface area contributed by atoms with E-state index < -0.39 is 0 Å². The van der Waals surface area contributed by atoms with Crippen LogP contribution in [0.2, 0.25) is 0 Å². The lowest BCUT2D eigenvalue weighted by atomic mass is 9.92. The van der Waals surface area contributed by atoms with Gasteiger partial charge in [0.05, 0.1) is 22.1 Å². The monoisotopic (exact) mass is 776 g/mol. The molecule has 0 saturated heterocycles. The van der Waals surface area contributed by atoms with E-state index in [-0.39, 0.29) is 0 Å². The molecule has 0 aliphatic carbocycles. The van der Waals surface area contributed by atoms with Crippen molar-refractivity contribution in [3.8, 4) is 67.4 Å². The minimum absolute atomic E-state index is 0.849. The Kier molecular flexibility index (Phi) is 7.31. The van der Waals surface area contributed by atoms with E-state index in [1.807, 2.05) is 0 Å². The summed E-state index contributed by atoms with van der Waals surface area (Å²) in [6.45, 7) is 0. The lowest BCUT2D eigenvalue weighted by Gasteiger charge is -2.23. The standard InChI is InChI=1S/C58H36N2O/c1-4-14-37(15-5-1)40-20-12-21-43(32-40)60-51-25-11-10-22-47(51)57-48-24-13-23-46-45-29-28-44(35-55(45)61-56(58(46)48)36-54(57)60)59-52-30-26-41(38-16-6-2-7-17-38)33-49(52)50-34-42(27-31-53(50)59)39-18-8-3-9-19-39/h1-36H. The van der Waals surface area contributed by atoms with Crippen LogP contribution in [0.3, 0.4) is 0 Å². The van der Waals surface area contributed by atoms with Gasteiger partial charge in [0, 0.05) is 56.0 Å². The smallest absolute Gasteiger partial charge is 0.138 e. The van der Waals surface area contributed by atoms with E-state index in [2.05, 4.69) is 228 Å². The average Bonchev–Trinajstić information content (AvgIpc) is 3.84. The van der Waals surface area contributed by atoms with Crippen LogP contribution in [0.4, 0.5) is 0 Å². The Hall–Kier alpha value is -8.14. The zero-order valence-electron chi connectivity index (χ0n) is 33.1. The number of aromatic nitrogens is 2. The summed E-state index contributed by atoms with van der Waals surface area (Å²) in [4.78, 5) is 0. The van der Waals surface area contributed by atoms with Gasteiger partial charge in [-0.25, -0.2) is 0 Å². The molecular weight excluding hydrogens is 741 g/mol. The van der Waals surface area contributed by atoms with Gasteiger partial charge in [-0.3, -0.25) is 0 Å². The van der Waals surface area contributed by atoms with Crippen molar-refractivity contribution >= 4 is 54.4 Å². The molecule has 3 heterocycles. The van der Waals surface area contributed by atoms with Crippen molar-refractivity contribution in [1.29, 1.82) is 0 Å². The summed E-state index contributed by atoms with van der Waals surface area (Å²) < 4.78 is 11.9. The molecule has 0 bridgehead atoms. The summed E-state index contributed by atoms with van der Waals surface area (Å²) in [7, 11) is 0. The Bertz CT molecular complexity index is 3610. The fourth-order valence-electron chi connectivity index (χ4n) is 9.94. The van der Waals surface area contributed by atoms with Crippen molar-refractivity contribution in [1.82, 2.24) is 9.13 Å². The van der Waals surface area contributed by atoms with Gasteiger partial charge in [0.25, 0.3) is 0 Å². The van der Waals surface area contributed by atoms with Crippen LogP contribution in [0.5, 0.6) is 11.5 Å². The number of ether oxygens (including phenoxy) is 1. The molecule has 13 rings (SSSR count). The molecule has 284 valence electrons. The number of nitrogens with zero attached hydrogens (tertiary/aromatic N) is 2. The zero-order valence-corrected chi connectivity index (χ0v) is 33.1. The van der Waals surface area contributed by atoms with E-state index in [1.165, 1.54) is 71.4 Å². The van der Waals surface area contributed by atoms with Gasteiger partial charge < -0.3 is 13.9 Å². The molecule has 1 aliphatic heterocycles. The fourth-order valence-corrected chi connectivity index (χ4v) is 9.94. The maximum absolute atomic E-state index is 7.13. The zero-order chi connectivity index (χ0) is 40.0. The van der Waals surface area contributed by atoms with Gasteiger partial charge in [-0.05, 0) is 98.9 Å². The first-order valence-electron chi connectivity index (χ1n) is 20.9. The Labute approximate surface area is 352 Å². The van der Waals surface area contributed by atoms with Gasteiger partial charge in [-0.2, -0.15) is 0 Å². The molecule has 2 aromatic heterocycles. The second-order valence-electron chi connectivity index (χ2n) is 16.1. The van der Waals surface area contributed by atoms with Crippen LogP contribution in [0.25, 0.3) is 110 Å². The summed E-state index contributed by atoms with van der Waals surface area (Å²) in [6.07, 6.45) is 0. The molecule has 12 aromatic rings.